The van der Waals surface area contributed by atoms with Crippen LogP contribution >= 0.6 is 0 Å². The molecule has 1 atom stereocenters. The SMILES string of the molecule is CC(C)(O)C1(F)CCN(c2ccc3ncc(-c4cccc(C(F)(F)F)c4)n3n2)C1. The fraction of sp³-hybridized carbons (Fsp3) is 0.400. The molecule has 1 aromatic carbocycles. The minimum absolute atomic E-state index is 0.0252. The van der Waals surface area contributed by atoms with Crippen LogP contribution in [0.2, 0.25) is 0 Å². The predicted molar refractivity (Wildman–Crippen MR) is 100 cm³/mol. The number of halogens is 4. The van der Waals surface area contributed by atoms with E-state index in [1.54, 1.807) is 23.1 Å². The Morgan fingerprint density at radius 1 is 1.14 bits per heavy atom. The molecule has 1 unspecified atom stereocenters. The molecule has 0 radical (unpaired) electrons. The maximum absolute atomic E-state index is 15.1. The number of hydrogen-bond acceptors (Lipinski definition) is 4. The molecule has 1 aliphatic heterocycles. The number of imidazole rings is 1. The molecule has 1 saturated heterocycles. The summed E-state index contributed by atoms with van der Waals surface area (Å²) in [7, 11) is 0. The average Bonchev–Trinajstić information content (AvgIpc) is 3.25. The molecule has 3 aromatic rings. The minimum Gasteiger partial charge on any atom is -0.387 e. The summed E-state index contributed by atoms with van der Waals surface area (Å²) >= 11 is 0. The van der Waals surface area contributed by atoms with Gasteiger partial charge in [-0.3, -0.25) is 0 Å². The Labute approximate surface area is 164 Å². The molecule has 0 saturated carbocycles. The standard InChI is InChI=1S/C20H20F4N4O/c1-18(2,29)19(21)8-9-27(12-19)17-7-6-16-25-11-15(28(16)26-17)13-4-3-5-14(10-13)20(22,23)24/h3-7,10-11,29H,8-9,12H2,1-2H3. The van der Waals surface area contributed by atoms with Crippen LogP contribution in [0.3, 0.4) is 0 Å². The van der Waals surface area contributed by atoms with Crippen LogP contribution in [0.4, 0.5) is 23.4 Å². The van der Waals surface area contributed by atoms with E-state index in [1.165, 1.54) is 30.6 Å². The Bertz CT molecular complexity index is 1060. The van der Waals surface area contributed by atoms with Gasteiger partial charge in [0.15, 0.2) is 11.3 Å². The monoisotopic (exact) mass is 408 g/mol. The van der Waals surface area contributed by atoms with Gasteiger partial charge in [0.1, 0.15) is 5.82 Å². The van der Waals surface area contributed by atoms with Gasteiger partial charge >= 0.3 is 6.18 Å². The van der Waals surface area contributed by atoms with E-state index in [1.807, 2.05) is 0 Å². The summed E-state index contributed by atoms with van der Waals surface area (Å²) < 4.78 is 55.7. The second kappa shape index (κ2) is 6.41. The number of aromatic nitrogens is 3. The van der Waals surface area contributed by atoms with E-state index in [0.29, 0.717) is 29.3 Å². The number of anilines is 1. The Kier molecular flexibility index (Phi) is 4.34. The van der Waals surface area contributed by atoms with E-state index in [2.05, 4.69) is 10.1 Å². The van der Waals surface area contributed by atoms with Crippen LogP contribution in [-0.4, -0.2) is 44.1 Å². The largest absolute Gasteiger partial charge is 0.416 e. The predicted octanol–water partition coefficient (Wildman–Crippen LogP) is 4.10. The summed E-state index contributed by atoms with van der Waals surface area (Å²) in [5.74, 6) is 0.465. The highest BCUT2D eigenvalue weighted by molar-refractivity contribution is 5.64. The molecule has 2 aromatic heterocycles. The van der Waals surface area contributed by atoms with Gasteiger partial charge in [-0.2, -0.15) is 13.2 Å². The molecule has 1 aliphatic rings. The van der Waals surface area contributed by atoms with Crippen molar-refractivity contribution in [3.8, 4) is 11.3 Å². The minimum atomic E-state index is -4.45. The first-order valence-electron chi connectivity index (χ1n) is 9.17. The van der Waals surface area contributed by atoms with Crippen molar-refractivity contribution in [3.63, 3.8) is 0 Å². The lowest BCUT2D eigenvalue weighted by atomic mass is 9.87. The van der Waals surface area contributed by atoms with Crippen LogP contribution in [0.15, 0.2) is 42.6 Å². The molecule has 4 rings (SSSR count). The molecule has 0 spiro atoms. The molecule has 3 heterocycles. The molecule has 0 aliphatic carbocycles. The van der Waals surface area contributed by atoms with Crippen molar-refractivity contribution in [2.75, 3.05) is 18.0 Å². The van der Waals surface area contributed by atoms with E-state index >= 15 is 4.39 Å². The van der Waals surface area contributed by atoms with Gasteiger partial charge in [-0.1, -0.05) is 12.1 Å². The third-order valence-electron chi connectivity index (χ3n) is 5.47. The van der Waals surface area contributed by atoms with Gasteiger partial charge in [-0.15, -0.1) is 5.10 Å². The highest BCUT2D eigenvalue weighted by Gasteiger charge is 2.49. The van der Waals surface area contributed by atoms with Crippen molar-refractivity contribution in [1.82, 2.24) is 14.6 Å². The van der Waals surface area contributed by atoms with Crippen LogP contribution in [0.1, 0.15) is 25.8 Å². The average molecular weight is 408 g/mol. The zero-order valence-electron chi connectivity index (χ0n) is 15.9. The van der Waals surface area contributed by atoms with Crippen molar-refractivity contribution in [3.05, 3.63) is 48.2 Å². The molecule has 5 nitrogen and oxygen atoms in total. The highest BCUT2D eigenvalue weighted by Crippen LogP contribution is 2.37. The number of rotatable bonds is 3. The Balaban J connectivity index is 1.72. The topological polar surface area (TPSA) is 53.7 Å². The molecule has 0 bridgehead atoms. The summed E-state index contributed by atoms with van der Waals surface area (Å²) in [4.78, 5) is 5.92. The number of aliphatic hydroxyl groups is 1. The highest BCUT2D eigenvalue weighted by atomic mass is 19.4. The number of benzene rings is 1. The molecule has 154 valence electrons. The van der Waals surface area contributed by atoms with Crippen molar-refractivity contribution < 1.29 is 22.7 Å². The maximum Gasteiger partial charge on any atom is 0.416 e. The van der Waals surface area contributed by atoms with Crippen molar-refractivity contribution >= 4 is 11.5 Å². The third kappa shape index (κ3) is 3.43. The first-order valence-corrected chi connectivity index (χ1v) is 9.17. The van der Waals surface area contributed by atoms with Gasteiger partial charge in [0.05, 0.1) is 29.6 Å². The summed E-state index contributed by atoms with van der Waals surface area (Å²) in [6.45, 7) is 3.22. The lowest BCUT2D eigenvalue weighted by molar-refractivity contribution is -0.137. The fourth-order valence-electron chi connectivity index (χ4n) is 3.55. The molecular formula is C20H20F4N4O. The van der Waals surface area contributed by atoms with Crippen molar-refractivity contribution in [1.29, 1.82) is 0 Å². The summed E-state index contributed by atoms with van der Waals surface area (Å²) in [5.41, 5.74) is -2.83. The Morgan fingerprint density at radius 2 is 1.90 bits per heavy atom. The van der Waals surface area contributed by atoms with Crippen molar-refractivity contribution in [2.24, 2.45) is 0 Å². The second-order valence-corrected chi connectivity index (χ2v) is 7.88. The molecule has 9 heteroatoms. The third-order valence-corrected chi connectivity index (χ3v) is 5.47. The lowest BCUT2D eigenvalue weighted by Gasteiger charge is -2.32. The van der Waals surface area contributed by atoms with E-state index in [0.717, 1.165) is 12.1 Å². The molecule has 1 N–H and O–H groups in total. The van der Waals surface area contributed by atoms with Gasteiger partial charge in [-0.05, 0) is 38.1 Å². The van der Waals surface area contributed by atoms with Crippen LogP contribution in [-0.2, 0) is 6.18 Å². The van der Waals surface area contributed by atoms with E-state index in [4.69, 9.17) is 0 Å². The van der Waals surface area contributed by atoms with Crippen LogP contribution in [0.25, 0.3) is 16.9 Å². The fourth-order valence-corrected chi connectivity index (χ4v) is 3.55. The second-order valence-electron chi connectivity index (χ2n) is 7.88. The van der Waals surface area contributed by atoms with Crippen LogP contribution in [0, 0.1) is 0 Å². The smallest absolute Gasteiger partial charge is 0.387 e. The zero-order chi connectivity index (χ0) is 21.0. The first kappa shape index (κ1) is 19.6. The number of alkyl halides is 4. The van der Waals surface area contributed by atoms with Gasteiger partial charge in [0.25, 0.3) is 0 Å². The van der Waals surface area contributed by atoms with Crippen LogP contribution < -0.4 is 4.90 Å². The zero-order valence-corrected chi connectivity index (χ0v) is 15.9. The van der Waals surface area contributed by atoms with Crippen molar-refractivity contribution in [2.45, 2.75) is 37.7 Å². The quantitative estimate of drug-likeness (QED) is 0.663. The molecular weight excluding hydrogens is 388 g/mol. The maximum atomic E-state index is 15.1. The molecule has 29 heavy (non-hydrogen) atoms. The number of hydrogen-bond donors (Lipinski definition) is 1. The summed E-state index contributed by atoms with van der Waals surface area (Å²) in [5, 5.41) is 14.6. The van der Waals surface area contributed by atoms with Crippen LogP contribution in [0.5, 0.6) is 0 Å². The van der Waals surface area contributed by atoms with E-state index in [9.17, 15) is 18.3 Å². The Hall–Kier alpha value is -2.68. The van der Waals surface area contributed by atoms with Gasteiger partial charge < -0.3 is 10.0 Å². The number of fused-ring (bicyclic) bond motifs is 1. The van der Waals surface area contributed by atoms with Gasteiger partial charge in [0.2, 0.25) is 0 Å². The van der Waals surface area contributed by atoms with E-state index < -0.39 is 23.0 Å². The number of nitrogens with zero attached hydrogens (tertiary/aromatic N) is 4. The summed E-state index contributed by atoms with van der Waals surface area (Å²) in [6.07, 6.45) is -2.84. The summed E-state index contributed by atoms with van der Waals surface area (Å²) in [6, 6.07) is 8.32. The van der Waals surface area contributed by atoms with E-state index in [-0.39, 0.29) is 13.0 Å². The first-order chi connectivity index (χ1) is 13.5. The van der Waals surface area contributed by atoms with Gasteiger partial charge in [-0.25, -0.2) is 13.9 Å². The van der Waals surface area contributed by atoms with Gasteiger partial charge in [0, 0.05) is 18.5 Å². The Morgan fingerprint density at radius 3 is 2.55 bits per heavy atom. The molecule has 0 amide bonds. The molecule has 1 fully saturated rings. The normalized spacial score (nSPS) is 20.6. The lowest BCUT2D eigenvalue weighted by Crippen LogP contribution is -2.48.